The SMILES string of the molecule is NC(=O)C[C@H](NC(=O)[C@@H](CS)NC(=O)[C@H](CO)NC(=O)[C@@H](Cc1cnc[nH]1)NC(=O)[C@@H]1CCCN1)C(=O)O. The van der Waals surface area contributed by atoms with E-state index in [-0.39, 0.29) is 12.2 Å². The summed E-state index contributed by atoms with van der Waals surface area (Å²) in [4.78, 5) is 79.9. The quantitative estimate of drug-likeness (QED) is 0.0926. The lowest BCUT2D eigenvalue weighted by Gasteiger charge is -2.25. The van der Waals surface area contributed by atoms with Gasteiger partial charge in [-0.1, -0.05) is 0 Å². The van der Waals surface area contributed by atoms with Crippen LogP contribution in [0, 0.1) is 0 Å². The van der Waals surface area contributed by atoms with Crippen molar-refractivity contribution in [2.75, 3.05) is 18.9 Å². The number of nitrogens with two attached hydrogens (primary N) is 1. The van der Waals surface area contributed by atoms with E-state index in [1.807, 2.05) is 0 Å². The number of nitrogens with one attached hydrogen (secondary N) is 6. The van der Waals surface area contributed by atoms with Crippen LogP contribution in [0.15, 0.2) is 12.5 Å². The van der Waals surface area contributed by atoms with Gasteiger partial charge in [-0.15, -0.1) is 0 Å². The fourth-order valence-electron chi connectivity index (χ4n) is 3.61. The molecular weight excluding hydrogens is 524 g/mol. The maximum absolute atomic E-state index is 13.0. The van der Waals surface area contributed by atoms with Gasteiger partial charge < -0.3 is 47.5 Å². The molecule has 5 atom stereocenters. The maximum Gasteiger partial charge on any atom is 0.326 e. The Bertz CT molecular complexity index is 1000. The molecule has 1 saturated heterocycles. The number of carbonyl (C=O) groups is 6. The first kappa shape index (κ1) is 30.5. The van der Waals surface area contributed by atoms with Crippen LogP contribution in [0.5, 0.6) is 0 Å². The normalized spacial score (nSPS) is 17.9. The summed E-state index contributed by atoms with van der Waals surface area (Å²) in [6.07, 6.45) is 3.61. The van der Waals surface area contributed by atoms with Crippen LogP contribution in [-0.2, 0) is 35.2 Å². The third-order valence-corrected chi connectivity index (χ3v) is 6.00. The molecule has 1 aromatic heterocycles. The molecule has 38 heavy (non-hydrogen) atoms. The fourth-order valence-corrected chi connectivity index (χ4v) is 3.87. The van der Waals surface area contributed by atoms with Crippen LogP contribution < -0.4 is 32.3 Å². The Morgan fingerprint density at radius 1 is 1.03 bits per heavy atom. The van der Waals surface area contributed by atoms with E-state index >= 15 is 0 Å². The zero-order valence-corrected chi connectivity index (χ0v) is 21.2. The number of amides is 5. The van der Waals surface area contributed by atoms with Crippen molar-refractivity contribution in [1.82, 2.24) is 36.6 Å². The molecule has 0 saturated carbocycles. The number of aliphatic carboxylic acids is 1. The maximum atomic E-state index is 13.0. The summed E-state index contributed by atoms with van der Waals surface area (Å²) in [6.45, 7) is -0.190. The molecule has 16 nitrogen and oxygen atoms in total. The topological polar surface area (TPSA) is 258 Å². The van der Waals surface area contributed by atoms with Crippen LogP contribution in [0.3, 0.4) is 0 Å². The second kappa shape index (κ2) is 14.9. The number of aromatic nitrogens is 2. The van der Waals surface area contributed by atoms with Crippen LogP contribution in [0.1, 0.15) is 25.0 Å². The lowest BCUT2D eigenvalue weighted by atomic mass is 10.1. The van der Waals surface area contributed by atoms with Gasteiger partial charge in [0.15, 0.2) is 0 Å². The number of aliphatic hydroxyl groups excluding tert-OH is 1. The predicted molar refractivity (Wildman–Crippen MR) is 133 cm³/mol. The number of carboxylic acid groups (broad SMARTS) is 1. The minimum absolute atomic E-state index is 0.0160. The highest BCUT2D eigenvalue weighted by atomic mass is 32.1. The number of rotatable bonds is 15. The van der Waals surface area contributed by atoms with Crippen molar-refractivity contribution >= 4 is 48.1 Å². The second-order valence-corrected chi connectivity index (χ2v) is 8.91. The van der Waals surface area contributed by atoms with Gasteiger partial charge in [0, 0.05) is 24.1 Å². The zero-order valence-electron chi connectivity index (χ0n) is 20.3. The number of carbonyl (C=O) groups excluding carboxylic acids is 5. The highest BCUT2D eigenvalue weighted by Gasteiger charge is 2.32. The van der Waals surface area contributed by atoms with Gasteiger partial charge in [-0.3, -0.25) is 24.0 Å². The Hall–Kier alpha value is -3.70. The second-order valence-electron chi connectivity index (χ2n) is 8.55. The molecular formula is C21H32N8O8S. The molecule has 2 heterocycles. The van der Waals surface area contributed by atoms with E-state index < -0.39 is 78.7 Å². The minimum atomic E-state index is -1.63. The van der Waals surface area contributed by atoms with Crippen LogP contribution >= 0.6 is 12.6 Å². The van der Waals surface area contributed by atoms with Crippen molar-refractivity contribution < 1.29 is 39.0 Å². The third kappa shape index (κ3) is 9.31. The molecule has 1 aliphatic rings. The van der Waals surface area contributed by atoms with Gasteiger partial charge in [0.1, 0.15) is 24.2 Å². The predicted octanol–water partition coefficient (Wildman–Crippen LogP) is -4.47. The molecule has 2 rings (SSSR count). The fraction of sp³-hybridized carbons (Fsp3) is 0.571. The summed E-state index contributed by atoms with van der Waals surface area (Å²) in [5.41, 5.74) is 5.52. The molecule has 0 spiro atoms. The van der Waals surface area contributed by atoms with E-state index in [0.717, 1.165) is 6.42 Å². The highest BCUT2D eigenvalue weighted by molar-refractivity contribution is 7.80. The number of hydrogen-bond acceptors (Lipinski definition) is 10. The average molecular weight is 557 g/mol. The van der Waals surface area contributed by atoms with Gasteiger partial charge in [-0.25, -0.2) is 9.78 Å². The number of H-pyrrole nitrogens is 1. The van der Waals surface area contributed by atoms with Crippen molar-refractivity contribution in [3.8, 4) is 0 Å². The molecule has 0 aliphatic carbocycles. The summed E-state index contributed by atoms with van der Waals surface area (Å²) in [5.74, 6) is -5.88. The monoisotopic (exact) mass is 556 g/mol. The Morgan fingerprint density at radius 3 is 2.18 bits per heavy atom. The summed E-state index contributed by atoms with van der Waals surface area (Å²) in [5, 5.41) is 31.3. The number of primary amides is 1. The van der Waals surface area contributed by atoms with Crippen LogP contribution in [0.2, 0.25) is 0 Å². The average Bonchev–Trinajstić information content (AvgIpc) is 3.59. The number of nitrogens with zero attached hydrogens (tertiary/aromatic N) is 1. The number of carboxylic acids is 1. The summed E-state index contributed by atoms with van der Waals surface area (Å²) in [6, 6.07) is -6.12. The zero-order chi connectivity index (χ0) is 28.2. The van der Waals surface area contributed by atoms with Crippen molar-refractivity contribution in [3.63, 3.8) is 0 Å². The lowest BCUT2D eigenvalue weighted by Crippen LogP contribution is -2.60. The number of imidazole rings is 1. The number of aliphatic hydroxyl groups is 1. The highest BCUT2D eigenvalue weighted by Crippen LogP contribution is 2.07. The Kier molecular flexibility index (Phi) is 12.0. The molecule has 1 aromatic rings. The van der Waals surface area contributed by atoms with Crippen molar-refractivity contribution in [1.29, 1.82) is 0 Å². The van der Waals surface area contributed by atoms with Gasteiger partial charge in [-0.05, 0) is 19.4 Å². The van der Waals surface area contributed by atoms with Crippen molar-refractivity contribution in [2.45, 2.75) is 55.9 Å². The van der Waals surface area contributed by atoms with E-state index in [4.69, 9.17) is 10.8 Å². The molecule has 10 N–H and O–H groups in total. The summed E-state index contributed by atoms with van der Waals surface area (Å²) in [7, 11) is 0. The Balaban J connectivity index is 2.05. The molecule has 17 heteroatoms. The first-order valence-corrected chi connectivity index (χ1v) is 12.3. The third-order valence-electron chi connectivity index (χ3n) is 5.64. The number of thiol groups is 1. The molecule has 0 unspecified atom stereocenters. The molecule has 0 aromatic carbocycles. The Morgan fingerprint density at radius 2 is 1.66 bits per heavy atom. The molecule has 1 aliphatic heterocycles. The number of hydrogen-bond donors (Lipinski definition) is 10. The minimum Gasteiger partial charge on any atom is -0.480 e. The molecule has 210 valence electrons. The van der Waals surface area contributed by atoms with Crippen LogP contribution in [0.25, 0.3) is 0 Å². The molecule has 1 fully saturated rings. The van der Waals surface area contributed by atoms with E-state index in [1.165, 1.54) is 12.5 Å². The smallest absolute Gasteiger partial charge is 0.326 e. The van der Waals surface area contributed by atoms with E-state index in [2.05, 4.69) is 49.2 Å². The first-order chi connectivity index (χ1) is 18.0. The van der Waals surface area contributed by atoms with Gasteiger partial charge in [0.05, 0.1) is 25.4 Å². The molecule has 0 radical (unpaired) electrons. The van der Waals surface area contributed by atoms with E-state index in [1.54, 1.807) is 0 Å². The standard InChI is InChI=1S/C21H32N8O8S/c22-16(31)5-13(21(36)37)27-20(35)15(8-38)29-19(34)14(7-30)28-18(33)12(4-10-6-23-9-25-10)26-17(32)11-2-1-3-24-11/h6,9,11-15,24,30,38H,1-5,7-8H2,(H2,22,31)(H,23,25)(H,26,32)(H,27,35)(H,28,33)(H,29,34)(H,36,37)/t11-,12+,13-,14-,15+/m0/s1. The van der Waals surface area contributed by atoms with Crippen molar-refractivity contribution in [2.24, 2.45) is 5.73 Å². The molecule has 5 amide bonds. The molecule has 0 bridgehead atoms. The summed E-state index contributed by atoms with van der Waals surface area (Å²) < 4.78 is 0. The van der Waals surface area contributed by atoms with Gasteiger partial charge in [0.25, 0.3) is 0 Å². The van der Waals surface area contributed by atoms with E-state index in [9.17, 15) is 33.9 Å². The number of aromatic amines is 1. The van der Waals surface area contributed by atoms with E-state index in [0.29, 0.717) is 18.7 Å². The Labute approximate surface area is 222 Å². The van der Waals surface area contributed by atoms with Crippen molar-refractivity contribution in [3.05, 3.63) is 18.2 Å². The van der Waals surface area contributed by atoms with Gasteiger partial charge in [-0.2, -0.15) is 12.6 Å². The van der Waals surface area contributed by atoms with Crippen LogP contribution in [0.4, 0.5) is 0 Å². The van der Waals surface area contributed by atoms with Gasteiger partial charge in [0.2, 0.25) is 29.5 Å². The summed E-state index contributed by atoms with van der Waals surface area (Å²) >= 11 is 3.98. The van der Waals surface area contributed by atoms with Gasteiger partial charge >= 0.3 is 5.97 Å². The lowest BCUT2D eigenvalue weighted by molar-refractivity contribution is -0.143. The largest absolute Gasteiger partial charge is 0.480 e. The first-order valence-electron chi connectivity index (χ1n) is 11.7. The van der Waals surface area contributed by atoms with Crippen LogP contribution in [-0.4, -0.2) is 105 Å².